The Bertz CT molecular complexity index is 314. The smallest absolute Gasteiger partial charge is 0.361 e. The third-order valence-corrected chi connectivity index (χ3v) is 2.80. The second-order valence-electron chi connectivity index (χ2n) is 5.00. The summed E-state index contributed by atoms with van der Waals surface area (Å²) in [5.74, 6) is -1.11. The van der Waals surface area contributed by atoms with Crippen molar-refractivity contribution in [2.24, 2.45) is 0 Å². The highest BCUT2D eigenvalue weighted by Crippen LogP contribution is 2.25. The van der Waals surface area contributed by atoms with E-state index >= 15 is 0 Å². The molecule has 1 N–H and O–H groups in total. The van der Waals surface area contributed by atoms with Crippen LogP contribution in [0, 0.1) is 0 Å². The fraction of sp³-hybridized carbons (Fsp3) is 0.833. The van der Waals surface area contributed by atoms with Crippen LogP contribution in [-0.2, 0) is 19.1 Å². The van der Waals surface area contributed by atoms with Gasteiger partial charge >= 0.3 is 5.97 Å². The molecule has 0 spiro atoms. The van der Waals surface area contributed by atoms with Gasteiger partial charge in [-0.3, -0.25) is 4.79 Å². The number of hydrogen-bond acceptors (Lipinski definition) is 4. The van der Waals surface area contributed by atoms with Gasteiger partial charge in [0, 0.05) is 14.0 Å². The monoisotopic (exact) mass is 279 g/mol. The maximum absolute atomic E-state index is 12.2. The number of halogens is 1. The lowest BCUT2D eigenvalue weighted by molar-refractivity contribution is -0.187. The number of ether oxygens (including phenoxy) is 2. The van der Waals surface area contributed by atoms with Crippen molar-refractivity contribution in [2.45, 2.75) is 57.7 Å². The predicted molar refractivity (Wildman–Crippen MR) is 69.3 cm³/mol. The van der Waals surface area contributed by atoms with Gasteiger partial charge in [-0.1, -0.05) is 6.92 Å². The maximum Gasteiger partial charge on any atom is 0.361 e. The zero-order valence-electron chi connectivity index (χ0n) is 11.8. The third-order valence-electron chi connectivity index (χ3n) is 2.19. The van der Waals surface area contributed by atoms with Crippen LogP contribution >= 0.6 is 11.6 Å². The van der Waals surface area contributed by atoms with Crippen molar-refractivity contribution in [3.8, 4) is 0 Å². The molecule has 5 nitrogen and oxygen atoms in total. The summed E-state index contributed by atoms with van der Waals surface area (Å²) in [4.78, 5) is 23.5. The molecule has 106 valence electrons. The number of carbonyl (C=O) groups excluding carboxylic acids is 2. The second kappa shape index (κ2) is 6.38. The lowest BCUT2D eigenvalue weighted by Gasteiger charge is -2.36. The molecule has 0 heterocycles. The van der Waals surface area contributed by atoms with Crippen molar-refractivity contribution in [2.75, 3.05) is 7.11 Å². The van der Waals surface area contributed by atoms with Crippen LogP contribution in [0.2, 0.25) is 0 Å². The Morgan fingerprint density at radius 3 is 2.11 bits per heavy atom. The van der Waals surface area contributed by atoms with E-state index in [1.54, 1.807) is 27.7 Å². The summed E-state index contributed by atoms with van der Waals surface area (Å²) in [6.07, 6.45) is 0.439. The zero-order chi connectivity index (χ0) is 14.6. The average Bonchev–Trinajstić information content (AvgIpc) is 2.21. The van der Waals surface area contributed by atoms with Crippen LogP contribution in [0.1, 0.15) is 41.0 Å². The van der Waals surface area contributed by atoms with Crippen LogP contribution in [0.4, 0.5) is 0 Å². The van der Waals surface area contributed by atoms with Gasteiger partial charge in [-0.25, -0.2) is 4.79 Å². The Labute approximate surface area is 113 Å². The van der Waals surface area contributed by atoms with E-state index < -0.39 is 28.6 Å². The molecule has 0 fully saturated rings. The fourth-order valence-electron chi connectivity index (χ4n) is 1.42. The van der Waals surface area contributed by atoms with Crippen LogP contribution in [0.5, 0.6) is 0 Å². The summed E-state index contributed by atoms with van der Waals surface area (Å²) in [7, 11) is 1.31. The molecule has 6 heteroatoms. The largest absolute Gasteiger partial charge is 0.456 e. The van der Waals surface area contributed by atoms with Gasteiger partial charge in [-0.2, -0.15) is 0 Å². The van der Waals surface area contributed by atoms with Gasteiger partial charge in [0.25, 0.3) is 5.72 Å². The molecule has 0 aromatic carbocycles. The van der Waals surface area contributed by atoms with Crippen molar-refractivity contribution in [1.29, 1.82) is 0 Å². The summed E-state index contributed by atoms with van der Waals surface area (Å²) in [5.41, 5.74) is -2.35. The fourth-order valence-corrected chi connectivity index (χ4v) is 1.66. The number of methoxy groups -OCH3 is 1. The molecular formula is C12H22ClNO4. The van der Waals surface area contributed by atoms with Gasteiger partial charge in [0.2, 0.25) is 5.91 Å². The first-order valence-electron chi connectivity index (χ1n) is 5.80. The van der Waals surface area contributed by atoms with E-state index in [9.17, 15) is 9.59 Å². The van der Waals surface area contributed by atoms with Crippen molar-refractivity contribution in [3.05, 3.63) is 0 Å². The molecular weight excluding hydrogens is 258 g/mol. The lowest BCUT2D eigenvalue weighted by atomic mass is 10.1. The van der Waals surface area contributed by atoms with E-state index in [1.165, 1.54) is 14.0 Å². The molecule has 0 aromatic heterocycles. The lowest BCUT2D eigenvalue weighted by Crippen LogP contribution is -2.62. The van der Waals surface area contributed by atoms with Gasteiger partial charge in [0.15, 0.2) is 0 Å². The van der Waals surface area contributed by atoms with Crippen molar-refractivity contribution >= 4 is 23.5 Å². The van der Waals surface area contributed by atoms with Gasteiger partial charge in [0.1, 0.15) is 5.60 Å². The normalized spacial score (nSPS) is 16.6. The number of carbonyl (C=O) groups is 2. The predicted octanol–water partition coefficient (Wildman–Crippen LogP) is 1.82. The summed E-state index contributed by atoms with van der Waals surface area (Å²) >= 11 is 6.12. The van der Waals surface area contributed by atoms with Gasteiger partial charge in [-0.05, 0) is 27.2 Å². The Morgan fingerprint density at radius 1 is 1.33 bits per heavy atom. The molecule has 0 saturated heterocycles. The Balaban J connectivity index is 5.29. The third kappa shape index (κ3) is 4.46. The highest BCUT2D eigenvalue weighted by Gasteiger charge is 2.48. The van der Waals surface area contributed by atoms with E-state index in [0.717, 1.165) is 0 Å². The summed E-state index contributed by atoms with van der Waals surface area (Å²) in [5, 5.41) is 1.73. The molecule has 0 aliphatic carbocycles. The summed E-state index contributed by atoms with van der Waals surface area (Å²) in [6.45, 7) is 8.27. The van der Waals surface area contributed by atoms with Gasteiger partial charge in [0.05, 0.1) is 5.38 Å². The zero-order valence-corrected chi connectivity index (χ0v) is 12.6. The van der Waals surface area contributed by atoms with E-state index in [2.05, 4.69) is 5.32 Å². The van der Waals surface area contributed by atoms with Crippen LogP contribution in [-0.4, -0.2) is 35.7 Å². The molecule has 0 radical (unpaired) electrons. The van der Waals surface area contributed by atoms with E-state index in [4.69, 9.17) is 21.1 Å². The first-order valence-corrected chi connectivity index (χ1v) is 6.24. The van der Waals surface area contributed by atoms with Crippen LogP contribution in [0.15, 0.2) is 0 Å². The Morgan fingerprint density at radius 2 is 1.83 bits per heavy atom. The number of alkyl halides is 1. The van der Waals surface area contributed by atoms with E-state index in [1.807, 2.05) is 0 Å². The molecule has 0 rings (SSSR count). The number of amides is 1. The van der Waals surface area contributed by atoms with Gasteiger partial charge < -0.3 is 14.8 Å². The SMILES string of the molecule is CCC(Cl)C(NC(C)=O)(OC)C(=O)OC(C)(C)C. The van der Waals surface area contributed by atoms with Crippen molar-refractivity contribution < 1.29 is 19.1 Å². The minimum Gasteiger partial charge on any atom is -0.456 e. The highest BCUT2D eigenvalue weighted by atomic mass is 35.5. The number of hydrogen-bond donors (Lipinski definition) is 1. The van der Waals surface area contributed by atoms with Crippen LogP contribution in [0.3, 0.4) is 0 Å². The molecule has 0 saturated carbocycles. The first kappa shape index (κ1) is 17.2. The molecule has 1 amide bonds. The van der Waals surface area contributed by atoms with E-state index in [0.29, 0.717) is 6.42 Å². The molecule has 0 aliphatic rings. The van der Waals surface area contributed by atoms with E-state index in [-0.39, 0.29) is 0 Å². The quantitative estimate of drug-likeness (QED) is 0.474. The molecule has 0 aliphatic heterocycles. The minimum atomic E-state index is -1.66. The molecule has 2 unspecified atom stereocenters. The standard InChI is InChI=1S/C12H22ClNO4/c1-7-9(13)12(17-6,14-8(2)15)10(16)18-11(3,4)5/h9H,7H2,1-6H3,(H,14,15). The highest BCUT2D eigenvalue weighted by molar-refractivity contribution is 6.23. The Hall–Kier alpha value is -0.810. The van der Waals surface area contributed by atoms with Crippen LogP contribution < -0.4 is 5.32 Å². The summed E-state index contributed by atoms with van der Waals surface area (Å²) in [6, 6.07) is 0. The number of esters is 1. The molecule has 0 bridgehead atoms. The van der Waals surface area contributed by atoms with Crippen molar-refractivity contribution in [3.63, 3.8) is 0 Å². The number of nitrogens with one attached hydrogen (secondary N) is 1. The van der Waals surface area contributed by atoms with Crippen LogP contribution in [0.25, 0.3) is 0 Å². The minimum absolute atomic E-state index is 0.415. The molecule has 2 atom stereocenters. The molecule has 0 aromatic rings. The maximum atomic E-state index is 12.2. The first-order chi connectivity index (χ1) is 8.09. The second-order valence-corrected chi connectivity index (χ2v) is 5.53. The number of rotatable bonds is 5. The van der Waals surface area contributed by atoms with Crippen molar-refractivity contribution in [1.82, 2.24) is 5.32 Å². The Kier molecular flexibility index (Phi) is 6.10. The topological polar surface area (TPSA) is 64.6 Å². The molecule has 18 heavy (non-hydrogen) atoms. The van der Waals surface area contributed by atoms with Gasteiger partial charge in [-0.15, -0.1) is 11.6 Å². The average molecular weight is 280 g/mol. The summed E-state index contributed by atoms with van der Waals surface area (Å²) < 4.78 is 10.4.